The van der Waals surface area contributed by atoms with E-state index in [1.807, 2.05) is 42.7 Å². The van der Waals surface area contributed by atoms with Crippen LogP contribution in [0.3, 0.4) is 0 Å². The zero-order valence-corrected chi connectivity index (χ0v) is 21.4. The lowest BCUT2D eigenvalue weighted by atomic mass is 10.1. The topological polar surface area (TPSA) is 162 Å². The number of hydrogen-bond acceptors (Lipinski definition) is 8. The molecule has 0 spiro atoms. The second-order valence-electron chi connectivity index (χ2n) is 9.07. The van der Waals surface area contributed by atoms with E-state index in [1.54, 1.807) is 4.57 Å². The molecule has 0 aliphatic carbocycles. The van der Waals surface area contributed by atoms with Gasteiger partial charge in [0.25, 0.3) is 5.56 Å². The zero-order valence-electron chi connectivity index (χ0n) is 21.4. The summed E-state index contributed by atoms with van der Waals surface area (Å²) >= 11 is 0. The highest BCUT2D eigenvalue weighted by Crippen LogP contribution is 2.16. The first kappa shape index (κ1) is 26.3. The highest BCUT2D eigenvalue weighted by Gasteiger charge is 2.22. The summed E-state index contributed by atoms with van der Waals surface area (Å²) in [6, 6.07) is 7.55. The van der Waals surface area contributed by atoms with Crippen LogP contribution in [0.5, 0.6) is 0 Å². The van der Waals surface area contributed by atoms with Gasteiger partial charge in [0.15, 0.2) is 11.2 Å². The maximum Gasteiger partial charge on any atom is 0.332 e. The molecule has 1 aromatic carbocycles. The maximum atomic E-state index is 13.6. The maximum absolute atomic E-state index is 13.6. The number of anilines is 1. The minimum absolute atomic E-state index is 0.310. The molecular weight excluding hydrogens is 474 g/mol. The quantitative estimate of drug-likeness (QED) is 0.151. The molecule has 1 atom stereocenters. The first-order chi connectivity index (χ1) is 17.9. The van der Waals surface area contributed by atoms with Crippen molar-refractivity contribution in [2.75, 3.05) is 18.8 Å². The summed E-state index contributed by atoms with van der Waals surface area (Å²) in [4.78, 5) is 36.1. The molecule has 198 valence electrons. The summed E-state index contributed by atoms with van der Waals surface area (Å²) in [5, 5.41) is 19.9. The molecule has 4 aromatic rings. The first-order valence-electron chi connectivity index (χ1n) is 12.7. The van der Waals surface area contributed by atoms with Crippen molar-refractivity contribution in [1.82, 2.24) is 39.2 Å². The van der Waals surface area contributed by atoms with Crippen LogP contribution in [0.2, 0.25) is 0 Å². The van der Waals surface area contributed by atoms with Gasteiger partial charge < -0.3 is 20.7 Å². The molecule has 0 fully saturated rings. The number of nitrogens with zero attached hydrogens (tertiary/aromatic N) is 6. The van der Waals surface area contributed by atoms with Gasteiger partial charge in [-0.3, -0.25) is 19.0 Å². The summed E-state index contributed by atoms with van der Waals surface area (Å²) < 4.78 is 4.72. The van der Waals surface area contributed by atoms with Crippen molar-refractivity contribution in [3.63, 3.8) is 0 Å². The van der Waals surface area contributed by atoms with E-state index in [2.05, 4.69) is 20.5 Å². The second kappa shape index (κ2) is 12.0. The minimum Gasteiger partial charge on any atom is -0.399 e. The third kappa shape index (κ3) is 5.81. The highest BCUT2D eigenvalue weighted by molar-refractivity contribution is 5.71. The summed E-state index contributed by atoms with van der Waals surface area (Å²) in [5.74, 6) is 1.20. The molecule has 1 unspecified atom stereocenters. The van der Waals surface area contributed by atoms with Crippen molar-refractivity contribution in [3.05, 3.63) is 68.6 Å². The molecule has 0 saturated carbocycles. The molecular formula is C25H35N9O3. The number of aliphatic hydroxyl groups excluding tert-OH is 1. The summed E-state index contributed by atoms with van der Waals surface area (Å²) in [6.45, 7) is 5.88. The fourth-order valence-electron chi connectivity index (χ4n) is 4.40. The van der Waals surface area contributed by atoms with Gasteiger partial charge in [-0.25, -0.2) is 14.8 Å². The van der Waals surface area contributed by atoms with Gasteiger partial charge in [0, 0.05) is 38.4 Å². The molecule has 3 aromatic heterocycles. The lowest BCUT2D eigenvalue weighted by molar-refractivity contribution is 0.167. The van der Waals surface area contributed by atoms with Gasteiger partial charge in [0.1, 0.15) is 18.0 Å². The molecule has 0 aliphatic heterocycles. The Morgan fingerprint density at radius 3 is 2.62 bits per heavy atom. The predicted molar refractivity (Wildman–Crippen MR) is 141 cm³/mol. The third-order valence-corrected chi connectivity index (χ3v) is 6.45. The number of para-hydroxylation sites is 1. The number of aryl methyl sites for hydroxylation is 2. The van der Waals surface area contributed by atoms with Crippen LogP contribution in [-0.2, 0) is 32.5 Å². The minimum atomic E-state index is -0.439. The number of benzene rings is 1. The SMILES string of the molecule is CCCn1c(=O)c2c(nc(Cc3ncn[nH]3)n2CCNCC(O)CC)n(CCc2ccccc2N)c1=O. The van der Waals surface area contributed by atoms with E-state index in [-0.39, 0.29) is 11.2 Å². The highest BCUT2D eigenvalue weighted by atomic mass is 16.3. The lowest BCUT2D eigenvalue weighted by Crippen LogP contribution is -2.41. The van der Waals surface area contributed by atoms with Gasteiger partial charge in [0.05, 0.1) is 12.5 Å². The van der Waals surface area contributed by atoms with Gasteiger partial charge in [0.2, 0.25) is 0 Å². The zero-order chi connectivity index (χ0) is 26.4. The number of rotatable bonds is 13. The van der Waals surface area contributed by atoms with E-state index >= 15 is 0 Å². The van der Waals surface area contributed by atoms with Gasteiger partial charge in [-0.1, -0.05) is 32.0 Å². The number of nitrogen functional groups attached to an aromatic ring is 1. The third-order valence-electron chi connectivity index (χ3n) is 6.45. The van der Waals surface area contributed by atoms with Crippen LogP contribution in [-0.4, -0.2) is 58.2 Å². The average molecular weight is 510 g/mol. The van der Waals surface area contributed by atoms with Gasteiger partial charge >= 0.3 is 5.69 Å². The molecule has 4 rings (SSSR count). The van der Waals surface area contributed by atoms with Crippen molar-refractivity contribution in [1.29, 1.82) is 0 Å². The van der Waals surface area contributed by atoms with Crippen LogP contribution >= 0.6 is 0 Å². The van der Waals surface area contributed by atoms with E-state index in [9.17, 15) is 14.7 Å². The summed E-state index contributed by atoms with van der Waals surface area (Å²) in [7, 11) is 0. The molecule has 0 saturated heterocycles. The Balaban J connectivity index is 1.80. The Hall–Kier alpha value is -3.77. The second-order valence-corrected chi connectivity index (χ2v) is 9.07. The number of nitrogens with two attached hydrogens (primary N) is 1. The number of aromatic amines is 1. The fraction of sp³-hybridized carbons (Fsp3) is 0.480. The Kier molecular flexibility index (Phi) is 8.51. The van der Waals surface area contributed by atoms with Crippen LogP contribution in [0.1, 0.15) is 43.9 Å². The van der Waals surface area contributed by atoms with Gasteiger partial charge in [-0.15, -0.1) is 0 Å². The number of fused-ring (bicyclic) bond motifs is 1. The standard InChI is InChI=1S/C25H35N9O3/c1-3-11-34-24(36)22-23(33(25(34)37)12-9-17-7-5-6-8-19(17)26)30-21(14-20-28-16-29-31-20)32(22)13-10-27-15-18(35)4-2/h5-8,16,18,27,35H,3-4,9-15,26H2,1-2H3,(H,28,29,31). The van der Waals surface area contributed by atoms with E-state index < -0.39 is 6.10 Å². The number of aromatic nitrogens is 7. The van der Waals surface area contributed by atoms with Crippen molar-refractivity contribution < 1.29 is 5.11 Å². The monoisotopic (exact) mass is 509 g/mol. The van der Waals surface area contributed by atoms with Crippen LogP contribution in [0.15, 0.2) is 40.2 Å². The van der Waals surface area contributed by atoms with Crippen molar-refractivity contribution >= 4 is 16.9 Å². The van der Waals surface area contributed by atoms with E-state index in [0.717, 1.165) is 5.56 Å². The molecule has 12 heteroatoms. The number of imidazole rings is 1. The lowest BCUT2D eigenvalue weighted by Gasteiger charge is -2.14. The molecule has 5 N–H and O–H groups in total. The van der Waals surface area contributed by atoms with Gasteiger partial charge in [-0.2, -0.15) is 5.10 Å². The van der Waals surface area contributed by atoms with Crippen molar-refractivity contribution in [2.45, 2.75) is 65.3 Å². The predicted octanol–water partition coefficient (Wildman–Crippen LogP) is 0.664. The van der Waals surface area contributed by atoms with Crippen LogP contribution in [0.25, 0.3) is 11.2 Å². The molecule has 12 nitrogen and oxygen atoms in total. The Morgan fingerprint density at radius 1 is 1.11 bits per heavy atom. The summed E-state index contributed by atoms with van der Waals surface area (Å²) in [5.41, 5.74) is 7.71. The van der Waals surface area contributed by atoms with Crippen LogP contribution in [0.4, 0.5) is 5.69 Å². The molecule has 37 heavy (non-hydrogen) atoms. The molecule has 3 heterocycles. The smallest absolute Gasteiger partial charge is 0.332 e. The van der Waals surface area contributed by atoms with Crippen molar-refractivity contribution in [2.24, 2.45) is 0 Å². The van der Waals surface area contributed by atoms with E-state index in [1.165, 1.54) is 10.9 Å². The molecule has 0 radical (unpaired) electrons. The van der Waals surface area contributed by atoms with E-state index in [4.69, 9.17) is 10.7 Å². The number of aliphatic hydroxyl groups is 1. The normalized spacial score (nSPS) is 12.4. The molecule has 0 aliphatic rings. The largest absolute Gasteiger partial charge is 0.399 e. The molecule has 0 amide bonds. The fourth-order valence-corrected chi connectivity index (χ4v) is 4.40. The number of nitrogens with one attached hydrogen (secondary N) is 2. The van der Waals surface area contributed by atoms with Crippen molar-refractivity contribution in [3.8, 4) is 0 Å². The van der Waals surface area contributed by atoms with E-state index in [0.29, 0.717) is 86.9 Å². The van der Waals surface area contributed by atoms with Crippen LogP contribution < -0.4 is 22.3 Å². The average Bonchev–Trinajstić information content (AvgIpc) is 3.53. The molecule has 0 bridgehead atoms. The van der Waals surface area contributed by atoms with Crippen LogP contribution in [0, 0.1) is 0 Å². The Morgan fingerprint density at radius 2 is 1.92 bits per heavy atom. The summed E-state index contributed by atoms with van der Waals surface area (Å²) in [6.07, 6.45) is 3.11. The Bertz CT molecular complexity index is 1440. The Labute approximate surface area is 214 Å². The van der Waals surface area contributed by atoms with Gasteiger partial charge in [-0.05, 0) is 30.9 Å². The number of H-pyrrole nitrogens is 1. The number of hydrogen-bond donors (Lipinski definition) is 4. The first-order valence-corrected chi connectivity index (χ1v) is 12.7.